The molecule has 0 aliphatic carbocycles. The van der Waals surface area contributed by atoms with E-state index in [9.17, 15) is 4.79 Å². The molecule has 1 unspecified atom stereocenters. The molecule has 1 N–H and O–H groups in total. The van der Waals surface area contributed by atoms with Gasteiger partial charge in [-0.25, -0.2) is 0 Å². The van der Waals surface area contributed by atoms with Gasteiger partial charge in [0.1, 0.15) is 0 Å². The van der Waals surface area contributed by atoms with Gasteiger partial charge in [0.2, 0.25) is 0 Å². The lowest BCUT2D eigenvalue weighted by atomic mass is 10.0. The molecule has 1 atom stereocenters. The van der Waals surface area contributed by atoms with Crippen molar-refractivity contribution in [2.24, 2.45) is 0 Å². The lowest BCUT2D eigenvalue weighted by Gasteiger charge is -2.18. The minimum absolute atomic E-state index is 0.00877. The van der Waals surface area contributed by atoms with Gasteiger partial charge in [0, 0.05) is 5.56 Å². The van der Waals surface area contributed by atoms with Crippen LogP contribution in [0.5, 0.6) is 0 Å². The summed E-state index contributed by atoms with van der Waals surface area (Å²) in [5.41, 5.74) is 5.46. The van der Waals surface area contributed by atoms with Gasteiger partial charge in [0.25, 0.3) is 5.91 Å². The first-order valence-corrected chi connectivity index (χ1v) is 7.46. The van der Waals surface area contributed by atoms with Crippen LogP contribution >= 0.6 is 0 Å². The highest BCUT2D eigenvalue weighted by Gasteiger charge is 2.14. The fourth-order valence-corrected chi connectivity index (χ4v) is 2.34. The molecule has 2 aromatic rings. The predicted molar refractivity (Wildman–Crippen MR) is 87.6 cm³/mol. The SMILES string of the molecule is CCC(NC(=O)c1ccc(C)c(C)c1)c1ccc(C)cc1. The van der Waals surface area contributed by atoms with Crippen LogP contribution in [0.3, 0.4) is 0 Å². The summed E-state index contributed by atoms with van der Waals surface area (Å²) in [7, 11) is 0. The molecule has 2 rings (SSSR count). The number of nitrogens with one attached hydrogen (secondary N) is 1. The van der Waals surface area contributed by atoms with Crippen molar-refractivity contribution in [1.29, 1.82) is 0 Å². The van der Waals surface area contributed by atoms with Gasteiger partial charge in [-0.2, -0.15) is 0 Å². The van der Waals surface area contributed by atoms with Gasteiger partial charge in [0.15, 0.2) is 0 Å². The van der Waals surface area contributed by atoms with Gasteiger partial charge in [0.05, 0.1) is 6.04 Å². The molecule has 0 fully saturated rings. The highest BCUT2D eigenvalue weighted by atomic mass is 16.1. The Morgan fingerprint density at radius 1 is 1.00 bits per heavy atom. The average Bonchev–Trinajstić information content (AvgIpc) is 2.48. The molecule has 2 aromatic carbocycles. The van der Waals surface area contributed by atoms with E-state index in [1.54, 1.807) is 0 Å². The lowest BCUT2D eigenvalue weighted by Crippen LogP contribution is -2.28. The van der Waals surface area contributed by atoms with Crippen LogP contribution < -0.4 is 5.32 Å². The zero-order chi connectivity index (χ0) is 15.4. The number of amides is 1. The molecule has 0 spiro atoms. The largest absolute Gasteiger partial charge is 0.345 e. The van der Waals surface area contributed by atoms with Gasteiger partial charge in [-0.05, 0) is 56.0 Å². The van der Waals surface area contributed by atoms with Crippen molar-refractivity contribution in [3.63, 3.8) is 0 Å². The third-order valence-corrected chi connectivity index (χ3v) is 3.96. The van der Waals surface area contributed by atoms with E-state index in [1.807, 2.05) is 25.1 Å². The molecular weight excluding hydrogens is 258 g/mol. The molecule has 0 aliphatic rings. The Kier molecular flexibility index (Phi) is 4.79. The summed E-state index contributed by atoms with van der Waals surface area (Å²) >= 11 is 0. The van der Waals surface area contributed by atoms with Crippen molar-refractivity contribution in [3.05, 3.63) is 70.3 Å². The Labute approximate surface area is 127 Å². The molecule has 0 bridgehead atoms. The van der Waals surface area contributed by atoms with Gasteiger partial charge < -0.3 is 5.32 Å². The highest BCUT2D eigenvalue weighted by Crippen LogP contribution is 2.18. The summed E-state index contributed by atoms with van der Waals surface area (Å²) in [6, 6.07) is 14.2. The molecule has 2 nitrogen and oxygen atoms in total. The maximum atomic E-state index is 12.4. The molecular formula is C19H23NO. The zero-order valence-corrected chi connectivity index (χ0v) is 13.2. The van der Waals surface area contributed by atoms with E-state index in [1.165, 1.54) is 11.1 Å². The van der Waals surface area contributed by atoms with E-state index in [0.29, 0.717) is 0 Å². The van der Waals surface area contributed by atoms with Crippen LogP contribution in [0.1, 0.15) is 52.0 Å². The lowest BCUT2D eigenvalue weighted by molar-refractivity contribution is 0.0935. The molecule has 1 amide bonds. The van der Waals surface area contributed by atoms with Crippen molar-refractivity contribution < 1.29 is 4.79 Å². The summed E-state index contributed by atoms with van der Waals surface area (Å²) in [6.07, 6.45) is 0.875. The molecule has 0 aromatic heterocycles. The van der Waals surface area contributed by atoms with E-state index in [-0.39, 0.29) is 11.9 Å². The molecule has 2 heteroatoms. The fraction of sp³-hybridized carbons (Fsp3) is 0.316. The first-order valence-electron chi connectivity index (χ1n) is 7.46. The van der Waals surface area contributed by atoms with E-state index in [2.05, 4.69) is 50.4 Å². The number of carbonyl (C=O) groups excluding carboxylic acids is 1. The van der Waals surface area contributed by atoms with Gasteiger partial charge in [-0.3, -0.25) is 4.79 Å². The fourth-order valence-electron chi connectivity index (χ4n) is 2.34. The van der Waals surface area contributed by atoms with Crippen LogP contribution in [0.25, 0.3) is 0 Å². The quantitative estimate of drug-likeness (QED) is 0.878. The topological polar surface area (TPSA) is 29.1 Å². The predicted octanol–water partition coefficient (Wildman–Crippen LogP) is 4.49. The van der Waals surface area contributed by atoms with Gasteiger partial charge in [-0.1, -0.05) is 42.8 Å². The Hall–Kier alpha value is -2.09. The Balaban J connectivity index is 2.15. The van der Waals surface area contributed by atoms with Crippen molar-refractivity contribution in [3.8, 4) is 0 Å². The summed E-state index contributed by atoms with van der Waals surface area (Å²) in [5.74, 6) is -0.00877. The molecule has 0 heterocycles. The maximum Gasteiger partial charge on any atom is 0.251 e. The summed E-state index contributed by atoms with van der Waals surface area (Å²) in [4.78, 5) is 12.4. The van der Waals surface area contributed by atoms with Gasteiger partial charge >= 0.3 is 0 Å². The van der Waals surface area contributed by atoms with Crippen molar-refractivity contribution >= 4 is 5.91 Å². The van der Waals surface area contributed by atoms with E-state index in [0.717, 1.165) is 23.1 Å². The second-order valence-corrected chi connectivity index (χ2v) is 5.64. The van der Waals surface area contributed by atoms with Crippen LogP contribution in [0, 0.1) is 20.8 Å². The van der Waals surface area contributed by atoms with Crippen LogP contribution in [0.15, 0.2) is 42.5 Å². The average molecular weight is 281 g/mol. The second-order valence-electron chi connectivity index (χ2n) is 5.64. The molecule has 0 saturated carbocycles. The maximum absolute atomic E-state index is 12.4. The van der Waals surface area contributed by atoms with E-state index < -0.39 is 0 Å². The number of aryl methyl sites for hydroxylation is 3. The van der Waals surface area contributed by atoms with Crippen LogP contribution in [-0.2, 0) is 0 Å². The first kappa shape index (κ1) is 15.3. The number of rotatable bonds is 4. The zero-order valence-electron chi connectivity index (χ0n) is 13.2. The summed E-state index contributed by atoms with van der Waals surface area (Å²) < 4.78 is 0. The Morgan fingerprint density at radius 3 is 2.24 bits per heavy atom. The standard InChI is InChI=1S/C19H23NO/c1-5-18(16-9-6-13(2)7-10-16)20-19(21)17-11-8-14(3)15(4)12-17/h6-12,18H,5H2,1-4H3,(H,20,21). The third-order valence-electron chi connectivity index (χ3n) is 3.96. The van der Waals surface area contributed by atoms with Crippen molar-refractivity contribution in [2.75, 3.05) is 0 Å². The minimum Gasteiger partial charge on any atom is -0.345 e. The first-order chi connectivity index (χ1) is 10.0. The molecule has 0 radical (unpaired) electrons. The number of carbonyl (C=O) groups is 1. The normalized spacial score (nSPS) is 12.0. The van der Waals surface area contributed by atoms with Crippen LogP contribution in [0.2, 0.25) is 0 Å². The second kappa shape index (κ2) is 6.57. The van der Waals surface area contributed by atoms with Crippen LogP contribution in [0.4, 0.5) is 0 Å². The molecule has 0 saturated heterocycles. The number of benzene rings is 2. The molecule has 21 heavy (non-hydrogen) atoms. The molecule has 0 aliphatic heterocycles. The van der Waals surface area contributed by atoms with Crippen molar-refractivity contribution in [2.45, 2.75) is 40.2 Å². The van der Waals surface area contributed by atoms with E-state index in [4.69, 9.17) is 0 Å². The van der Waals surface area contributed by atoms with Crippen molar-refractivity contribution in [1.82, 2.24) is 5.32 Å². The highest BCUT2D eigenvalue weighted by molar-refractivity contribution is 5.94. The number of hydrogen-bond donors (Lipinski definition) is 1. The van der Waals surface area contributed by atoms with Gasteiger partial charge in [-0.15, -0.1) is 0 Å². The minimum atomic E-state index is -0.00877. The third kappa shape index (κ3) is 3.72. The monoisotopic (exact) mass is 281 g/mol. The molecule has 110 valence electrons. The Morgan fingerprint density at radius 2 is 1.67 bits per heavy atom. The van der Waals surface area contributed by atoms with E-state index >= 15 is 0 Å². The Bertz CT molecular complexity index is 629. The number of hydrogen-bond acceptors (Lipinski definition) is 1. The van der Waals surface area contributed by atoms with Crippen LogP contribution in [-0.4, -0.2) is 5.91 Å². The smallest absolute Gasteiger partial charge is 0.251 e. The summed E-state index contributed by atoms with van der Waals surface area (Å²) in [5, 5.41) is 3.13. The summed E-state index contributed by atoms with van der Waals surface area (Å²) in [6.45, 7) is 8.24.